The largest absolute Gasteiger partial charge is 0.459 e. The van der Waals surface area contributed by atoms with Crippen LogP contribution in [-0.4, -0.2) is 45.3 Å². The molecule has 4 rings (SSSR count). The Bertz CT molecular complexity index is 1150. The van der Waals surface area contributed by atoms with Gasteiger partial charge in [0, 0.05) is 18.2 Å². The first-order valence-corrected chi connectivity index (χ1v) is 10.0. The third kappa shape index (κ3) is 4.90. The van der Waals surface area contributed by atoms with E-state index in [4.69, 9.17) is 9.47 Å². The van der Waals surface area contributed by atoms with Gasteiger partial charge in [0.2, 0.25) is 0 Å². The summed E-state index contributed by atoms with van der Waals surface area (Å²) in [5.41, 5.74) is 0.189. The average Bonchev–Trinajstić information content (AvgIpc) is 3.18. The molecule has 1 saturated heterocycles. The number of carbonyl (C=O) groups is 2. The number of nitrogens with one attached hydrogen (secondary N) is 1. The first-order chi connectivity index (χ1) is 15.5. The molecule has 164 valence electrons. The van der Waals surface area contributed by atoms with E-state index in [-0.39, 0.29) is 24.8 Å². The van der Waals surface area contributed by atoms with Crippen molar-refractivity contribution in [2.45, 2.75) is 24.9 Å². The SMILES string of the molecule is O=C(Nc1ccn([C@@H]2C[C@H](O)[C@@H](COC(=O)c3ccccc3)O2)c(=O)n1)c1ccccc1. The summed E-state index contributed by atoms with van der Waals surface area (Å²) < 4.78 is 12.2. The van der Waals surface area contributed by atoms with Gasteiger partial charge in [0.1, 0.15) is 24.8 Å². The quantitative estimate of drug-likeness (QED) is 0.568. The van der Waals surface area contributed by atoms with E-state index < -0.39 is 30.1 Å². The van der Waals surface area contributed by atoms with E-state index in [1.165, 1.54) is 16.8 Å². The summed E-state index contributed by atoms with van der Waals surface area (Å²) in [5, 5.41) is 12.9. The van der Waals surface area contributed by atoms with Crippen LogP contribution in [0.1, 0.15) is 33.4 Å². The molecular weight excluding hydrogens is 414 g/mol. The third-order valence-electron chi connectivity index (χ3n) is 5.01. The molecule has 1 aromatic heterocycles. The van der Waals surface area contributed by atoms with Crippen molar-refractivity contribution in [3.63, 3.8) is 0 Å². The Morgan fingerprint density at radius 3 is 2.38 bits per heavy atom. The maximum Gasteiger partial charge on any atom is 0.351 e. The van der Waals surface area contributed by atoms with Crippen LogP contribution in [0, 0.1) is 0 Å². The Kier molecular flexibility index (Phi) is 6.39. The predicted octanol–water partition coefficient (Wildman–Crippen LogP) is 2.00. The molecule has 1 aliphatic rings. The topological polar surface area (TPSA) is 120 Å². The number of amides is 1. The number of aromatic nitrogens is 2. The van der Waals surface area contributed by atoms with E-state index in [1.54, 1.807) is 60.7 Å². The van der Waals surface area contributed by atoms with Crippen molar-refractivity contribution in [1.29, 1.82) is 0 Å². The van der Waals surface area contributed by atoms with Crippen molar-refractivity contribution >= 4 is 17.7 Å². The maximum atomic E-state index is 12.5. The lowest BCUT2D eigenvalue weighted by atomic mass is 10.2. The monoisotopic (exact) mass is 435 g/mol. The van der Waals surface area contributed by atoms with Crippen molar-refractivity contribution < 1.29 is 24.2 Å². The molecule has 2 aromatic carbocycles. The van der Waals surface area contributed by atoms with E-state index in [0.717, 1.165) is 0 Å². The van der Waals surface area contributed by atoms with Crippen molar-refractivity contribution in [3.05, 3.63) is 94.5 Å². The smallest absolute Gasteiger partial charge is 0.351 e. The molecule has 0 spiro atoms. The van der Waals surface area contributed by atoms with Crippen LogP contribution in [0.3, 0.4) is 0 Å². The molecule has 0 aliphatic carbocycles. The van der Waals surface area contributed by atoms with Crippen LogP contribution in [0.2, 0.25) is 0 Å². The second-order valence-electron chi connectivity index (χ2n) is 7.22. The van der Waals surface area contributed by atoms with Crippen molar-refractivity contribution in [1.82, 2.24) is 9.55 Å². The number of carbonyl (C=O) groups excluding carboxylic acids is 2. The highest BCUT2D eigenvalue weighted by Crippen LogP contribution is 2.28. The molecule has 0 saturated carbocycles. The number of hydrogen-bond donors (Lipinski definition) is 2. The van der Waals surface area contributed by atoms with E-state index in [1.807, 2.05) is 0 Å². The third-order valence-corrected chi connectivity index (χ3v) is 5.01. The number of anilines is 1. The molecule has 9 heteroatoms. The van der Waals surface area contributed by atoms with E-state index in [9.17, 15) is 19.5 Å². The molecule has 9 nitrogen and oxygen atoms in total. The minimum Gasteiger partial charge on any atom is -0.459 e. The van der Waals surface area contributed by atoms with Gasteiger partial charge in [0.25, 0.3) is 5.91 Å². The summed E-state index contributed by atoms with van der Waals surface area (Å²) in [6, 6.07) is 18.5. The molecule has 1 aliphatic heterocycles. The Morgan fingerprint density at radius 2 is 1.72 bits per heavy atom. The molecule has 32 heavy (non-hydrogen) atoms. The normalized spacial score (nSPS) is 20.0. The molecule has 1 amide bonds. The van der Waals surface area contributed by atoms with Crippen molar-refractivity contribution in [2.24, 2.45) is 0 Å². The van der Waals surface area contributed by atoms with Gasteiger partial charge in [-0.05, 0) is 30.3 Å². The van der Waals surface area contributed by atoms with Gasteiger partial charge in [-0.3, -0.25) is 9.36 Å². The van der Waals surface area contributed by atoms with Crippen LogP contribution in [0.4, 0.5) is 5.82 Å². The molecule has 1 fully saturated rings. The summed E-state index contributed by atoms with van der Waals surface area (Å²) in [5.74, 6) is -0.808. The Morgan fingerprint density at radius 1 is 1.06 bits per heavy atom. The molecule has 3 atom stereocenters. The Balaban J connectivity index is 1.37. The highest BCUT2D eigenvalue weighted by atomic mass is 16.6. The van der Waals surface area contributed by atoms with E-state index in [2.05, 4.69) is 10.3 Å². The van der Waals surface area contributed by atoms with Crippen LogP contribution >= 0.6 is 0 Å². The number of rotatable bonds is 6. The first-order valence-electron chi connectivity index (χ1n) is 10.0. The van der Waals surface area contributed by atoms with Gasteiger partial charge in [-0.1, -0.05) is 36.4 Å². The minimum atomic E-state index is -0.923. The van der Waals surface area contributed by atoms with Crippen molar-refractivity contribution in [2.75, 3.05) is 11.9 Å². The zero-order valence-corrected chi connectivity index (χ0v) is 17.0. The summed E-state index contributed by atoms with van der Waals surface area (Å²) in [6.45, 7) is -0.154. The van der Waals surface area contributed by atoms with Gasteiger partial charge in [0.05, 0.1) is 11.7 Å². The van der Waals surface area contributed by atoms with Gasteiger partial charge in [-0.25, -0.2) is 9.59 Å². The fourth-order valence-electron chi connectivity index (χ4n) is 3.33. The molecule has 0 unspecified atom stereocenters. The summed E-state index contributed by atoms with van der Waals surface area (Å²) in [6.07, 6.45) is -0.912. The minimum absolute atomic E-state index is 0.104. The van der Waals surface area contributed by atoms with Crippen LogP contribution in [-0.2, 0) is 9.47 Å². The first kappa shape index (κ1) is 21.4. The van der Waals surface area contributed by atoms with Gasteiger partial charge >= 0.3 is 11.7 Å². The highest BCUT2D eigenvalue weighted by molar-refractivity contribution is 6.03. The number of aliphatic hydroxyl groups excluding tert-OH is 1. The average molecular weight is 435 g/mol. The number of benzene rings is 2. The Labute approximate surface area is 183 Å². The van der Waals surface area contributed by atoms with Crippen LogP contribution in [0.25, 0.3) is 0 Å². The standard InChI is InChI=1S/C23H21N3O6/c27-17-13-20(32-18(17)14-31-22(29)16-9-5-2-6-10-16)26-12-11-19(25-23(26)30)24-21(28)15-7-3-1-4-8-15/h1-12,17-18,20,27H,13-14H2,(H,24,25,28,30)/t17-,18+,20-/m0/s1. The van der Waals surface area contributed by atoms with Crippen LogP contribution < -0.4 is 11.0 Å². The van der Waals surface area contributed by atoms with Gasteiger partial charge < -0.3 is 19.9 Å². The van der Waals surface area contributed by atoms with Crippen molar-refractivity contribution in [3.8, 4) is 0 Å². The number of ether oxygens (including phenoxy) is 2. The fourth-order valence-corrected chi connectivity index (χ4v) is 3.33. The summed E-state index contributed by atoms with van der Waals surface area (Å²) in [7, 11) is 0. The van der Waals surface area contributed by atoms with E-state index in [0.29, 0.717) is 11.1 Å². The van der Waals surface area contributed by atoms with E-state index >= 15 is 0 Å². The summed E-state index contributed by atoms with van der Waals surface area (Å²) >= 11 is 0. The maximum absolute atomic E-state index is 12.5. The molecule has 0 bridgehead atoms. The fraction of sp³-hybridized carbons (Fsp3) is 0.217. The zero-order valence-electron chi connectivity index (χ0n) is 17.0. The number of esters is 1. The van der Waals surface area contributed by atoms with Crippen LogP contribution in [0.15, 0.2) is 77.7 Å². The molecule has 0 radical (unpaired) electrons. The number of hydrogen-bond acceptors (Lipinski definition) is 7. The second kappa shape index (κ2) is 9.54. The number of aliphatic hydroxyl groups is 1. The lowest BCUT2D eigenvalue weighted by molar-refractivity contribution is -0.0531. The zero-order chi connectivity index (χ0) is 22.5. The predicted molar refractivity (Wildman–Crippen MR) is 114 cm³/mol. The Hall–Kier alpha value is -3.82. The highest BCUT2D eigenvalue weighted by Gasteiger charge is 2.36. The van der Waals surface area contributed by atoms with Gasteiger partial charge in [-0.2, -0.15) is 4.98 Å². The lowest BCUT2D eigenvalue weighted by Crippen LogP contribution is -2.29. The second-order valence-corrected chi connectivity index (χ2v) is 7.22. The van der Waals surface area contributed by atoms with Gasteiger partial charge in [-0.15, -0.1) is 0 Å². The van der Waals surface area contributed by atoms with Crippen LogP contribution in [0.5, 0.6) is 0 Å². The molecular formula is C23H21N3O6. The summed E-state index contributed by atoms with van der Waals surface area (Å²) in [4.78, 5) is 40.6. The molecule has 3 aromatic rings. The van der Waals surface area contributed by atoms with Gasteiger partial charge in [0.15, 0.2) is 0 Å². The lowest BCUT2D eigenvalue weighted by Gasteiger charge is -2.16. The number of nitrogens with zero attached hydrogens (tertiary/aromatic N) is 2. The molecule has 2 N–H and O–H groups in total. The molecule has 2 heterocycles.